The lowest BCUT2D eigenvalue weighted by Crippen LogP contribution is -2.33. The number of sulfonamides is 1. The van der Waals surface area contributed by atoms with Gasteiger partial charge in [-0.3, -0.25) is 4.72 Å². The normalized spacial score (nSPS) is 14.7. The molecule has 0 aliphatic heterocycles. The average molecular weight is 422 g/mol. The zero-order chi connectivity index (χ0) is 20.7. The van der Waals surface area contributed by atoms with Gasteiger partial charge in [0.05, 0.1) is 17.1 Å². The van der Waals surface area contributed by atoms with Crippen LogP contribution in [0.5, 0.6) is 0 Å². The molecule has 2 N–H and O–H groups in total. The minimum atomic E-state index is -3.35. The van der Waals surface area contributed by atoms with Crippen molar-refractivity contribution in [3.8, 4) is 16.9 Å². The number of nitrogens with zero attached hydrogens (tertiary/aromatic N) is 3. The third-order valence-electron chi connectivity index (χ3n) is 5.79. The molecule has 0 saturated heterocycles. The van der Waals surface area contributed by atoms with Gasteiger partial charge in [-0.2, -0.15) is 5.10 Å². The summed E-state index contributed by atoms with van der Waals surface area (Å²) in [7, 11) is -3.35. The van der Waals surface area contributed by atoms with Gasteiger partial charge in [-0.25, -0.2) is 18.1 Å². The Labute approximate surface area is 175 Å². The number of pyridine rings is 1. The Hall–Kier alpha value is -3.13. The third kappa shape index (κ3) is 3.37. The van der Waals surface area contributed by atoms with Crippen LogP contribution in [0.1, 0.15) is 31.7 Å². The molecule has 8 heteroatoms. The molecular weight excluding hydrogens is 398 g/mol. The molecule has 0 spiro atoms. The van der Waals surface area contributed by atoms with Gasteiger partial charge in [0, 0.05) is 35.1 Å². The van der Waals surface area contributed by atoms with Crippen molar-refractivity contribution in [2.75, 3.05) is 4.72 Å². The van der Waals surface area contributed by atoms with E-state index in [2.05, 4.69) is 32.8 Å². The van der Waals surface area contributed by atoms with Gasteiger partial charge >= 0.3 is 0 Å². The highest BCUT2D eigenvalue weighted by molar-refractivity contribution is 7.93. The molecule has 1 aliphatic rings. The molecule has 154 valence electrons. The van der Waals surface area contributed by atoms with Gasteiger partial charge in [-0.1, -0.05) is 25.5 Å². The van der Waals surface area contributed by atoms with Crippen molar-refractivity contribution < 1.29 is 8.42 Å². The zero-order valence-corrected chi connectivity index (χ0v) is 17.5. The Morgan fingerprint density at radius 1 is 1.17 bits per heavy atom. The molecular formula is C22H23N5O2S. The maximum atomic E-state index is 12.5. The first kappa shape index (κ1) is 18.9. The van der Waals surface area contributed by atoms with Crippen LogP contribution < -0.4 is 4.72 Å². The molecule has 1 fully saturated rings. The number of hydrogen-bond donors (Lipinski definition) is 2. The molecule has 1 aromatic carbocycles. The first-order chi connectivity index (χ1) is 14.5. The molecule has 0 bridgehead atoms. The number of fused-ring (bicyclic) bond motifs is 1. The van der Waals surface area contributed by atoms with Crippen LogP contribution in [0.15, 0.2) is 55.1 Å². The molecule has 0 radical (unpaired) electrons. The largest absolute Gasteiger partial charge is 0.359 e. The Kier molecular flexibility index (Phi) is 4.58. The summed E-state index contributed by atoms with van der Waals surface area (Å²) < 4.78 is 29.6. The number of rotatable bonds is 6. The van der Waals surface area contributed by atoms with Crippen molar-refractivity contribution in [3.05, 3.63) is 60.7 Å². The number of aromatic nitrogens is 4. The van der Waals surface area contributed by atoms with Crippen molar-refractivity contribution in [2.24, 2.45) is 0 Å². The first-order valence-corrected chi connectivity index (χ1v) is 11.7. The molecule has 3 heterocycles. The van der Waals surface area contributed by atoms with E-state index in [-0.39, 0.29) is 5.25 Å². The van der Waals surface area contributed by atoms with Gasteiger partial charge in [0.2, 0.25) is 10.0 Å². The number of aromatic amines is 1. The van der Waals surface area contributed by atoms with E-state index in [1.807, 2.05) is 36.7 Å². The highest BCUT2D eigenvalue weighted by Gasteiger charge is 2.31. The summed E-state index contributed by atoms with van der Waals surface area (Å²) in [5.41, 5.74) is 4.55. The van der Waals surface area contributed by atoms with E-state index in [4.69, 9.17) is 0 Å². The van der Waals surface area contributed by atoms with Gasteiger partial charge in [0.1, 0.15) is 0 Å². The fourth-order valence-electron chi connectivity index (χ4n) is 3.66. The molecule has 5 rings (SSSR count). The quantitative estimate of drug-likeness (QED) is 0.486. The monoisotopic (exact) mass is 421 g/mol. The molecule has 30 heavy (non-hydrogen) atoms. The van der Waals surface area contributed by atoms with Crippen LogP contribution in [0.25, 0.3) is 27.8 Å². The third-order valence-corrected chi connectivity index (χ3v) is 7.65. The van der Waals surface area contributed by atoms with Crippen molar-refractivity contribution in [3.63, 3.8) is 0 Å². The van der Waals surface area contributed by atoms with Crippen molar-refractivity contribution in [1.82, 2.24) is 19.7 Å². The second-order valence-corrected chi connectivity index (χ2v) is 9.68. The van der Waals surface area contributed by atoms with Gasteiger partial charge in [-0.15, -0.1) is 0 Å². The topological polar surface area (TPSA) is 92.7 Å². The maximum Gasteiger partial charge on any atom is 0.235 e. The van der Waals surface area contributed by atoms with Crippen LogP contribution in [-0.4, -0.2) is 33.4 Å². The fourth-order valence-corrected chi connectivity index (χ4v) is 5.26. The number of H-pyrrole nitrogens is 1. The second-order valence-electron chi connectivity index (χ2n) is 7.71. The van der Waals surface area contributed by atoms with Gasteiger partial charge in [0.15, 0.2) is 5.82 Å². The SMILES string of the molecule is CCc1ccc(-n2cc(-c3ccc4[nH]cc(NS(=O)(=O)C5CCC5)c4c3)cn2)nc1. The molecule has 4 aromatic rings. The van der Waals surface area contributed by atoms with Gasteiger partial charge in [-0.05, 0) is 48.6 Å². The minimum absolute atomic E-state index is 0.282. The van der Waals surface area contributed by atoms with Crippen LogP contribution in [0.4, 0.5) is 5.69 Å². The lowest BCUT2D eigenvalue weighted by atomic mass is 10.0. The predicted molar refractivity (Wildman–Crippen MR) is 118 cm³/mol. The lowest BCUT2D eigenvalue weighted by molar-refractivity contribution is 0.480. The van der Waals surface area contributed by atoms with Crippen LogP contribution in [-0.2, 0) is 16.4 Å². The average Bonchev–Trinajstić information content (AvgIpc) is 3.33. The Bertz CT molecular complexity index is 1300. The summed E-state index contributed by atoms with van der Waals surface area (Å²) in [4.78, 5) is 7.62. The standard InChI is InChI=1S/C22H23N5O2S/c1-2-15-6-9-22(24-11-15)27-14-17(12-25-27)16-7-8-20-19(10-16)21(13-23-20)26-30(28,29)18-4-3-5-18/h6-14,18,23,26H,2-5H2,1H3. The Balaban J connectivity index is 1.45. The van der Waals surface area contributed by atoms with E-state index < -0.39 is 10.0 Å². The van der Waals surface area contributed by atoms with E-state index in [9.17, 15) is 8.42 Å². The molecule has 3 aromatic heterocycles. The van der Waals surface area contributed by atoms with Crippen LogP contribution >= 0.6 is 0 Å². The fraction of sp³-hybridized carbons (Fsp3) is 0.273. The van der Waals surface area contributed by atoms with Gasteiger partial charge < -0.3 is 4.98 Å². The summed E-state index contributed by atoms with van der Waals surface area (Å²) in [5, 5.41) is 5.00. The Morgan fingerprint density at radius 2 is 2.03 bits per heavy atom. The minimum Gasteiger partial charge on any atom is -0.359 e. The number of benzene rings is 1. The molecule has 1 aliphatic carbocycles. The highest BCUT2D eigenvalue weighted by Crippen LogP contribution is 2.32. The number of hydrogen-bond acceptors (Lipinski definition) is 4. The van der Waals surface area contributed by atoms with Crippen molar-refractivity contribution in [1.29, 1.82) is 0 Å². The van der Waals surface area contributed by atoms with E-state index in [0.717, 1.165) is 53.5 Å². The molecule has 0 unspecified atom stereocenters. The second kappa shape index (κ2) is 7.28. The summed E-state index contributed by atoms with van der Waals surface area (Å²) in [5.74, 6) is 0.759. The predicted octanol–water partition coefficient (Wildman–Crippen LogP) is 4.27. The van der Waals surface area contributed by atoms with E-state index >= 15 is 0 Å². The molecule has 0 atom stereocenters. The van der Waals surface area contributed by atoms with Crippen LogP contribution in [0.3, 0.4) is 0 Å². The summed E-state index contributed by atoms with van der Waals surface area (Å²) in [6.45, 7) is 2.10. The number of anilines is 1. The van der Waals surface area contributed by atoms with Crippen LogP contribution in [0, 0.1) is 0 Å². The van der Waals surface area contributed by atoms with Gasteiger partial charge in [0.25, 0.3) is 0 Å². The summed E-state index contributed by atoms with van der Waals surface area (Å²) in [6, 6.07) is 9.95. The summed E-state index contributed by atoms with van der Waals surface area (Å²) >= 11 is 0. The summed E-state index contributed by atoms with van der Waals surface area (Å²) in [6.07, 6.45) is 10.7. The number of aryl methyl sites for hydroxylation is 1. The van der Waals surface area contributed by atoms with Crippen LogP contribution in [0.2, 0.25) is 0 Å². The highest BCUT2D eigenvalue weighted by atomic mass is 32.2. The Morgan fingerprint density at radius 3 is 2.73 bits per heavy atom. The van der Waals surface area contributed by atoms with E-state index in [1.54, 1.807) is 17.1 Å². The molecule has 7 nitrogen and oxygen atoms in total. The smallest absolute Gasteiger partial charge is 0.235 e. The zero-order valence-electron chi connectivity index (χ0n) is 16.7. The number of nitrogens with one attached hydrogen (secondary N) is 2. The van der Waals surface area contributed by atoms with Crippen molar-refractivity contribution >= 4 is 26.6 Å². The van der Waals surface area contributed by atoms with E-state index in [0.29, 0.717) is 5.69 Å². The lowest BCUT2D eigenvalue weighted by Gasteiger charge is -2.25. The first-order valence-electron chi connectivity index (χ1n) is 10.2. The molecule has 1 saturated carbocycles. The van der Waals surface area contributed by atoms with E-state index in [1.165, 1.54) is 5.56 Å². The molecule has 0 amide bonds. The maximum absolute atomic E-state index is 12.5. The van der Waals surface area contributed by atoms with Crippen molar-refractivity contribution in [2.45, 2.75) is 37.9 Å².